The molecule has 0 atom stereocenters. The van der Waals surface area contributed by atoms with Gasteiger partial charge in [0, 0.05) is 11.8 Å². The molecule has 0 fully saturated rings. The van der Waals surface area contributed by atoms with E-state index in [4.69, 9.17) is 0 Å². The van der Waals surface area contributed by atoms with Gasteiger partial charge in [-0.1, -0.05) is 36.4 Å². The fourth-order valence-electron chi connectivity index (χ4n) is 2.17. The number of rotatable bonds is 2. The van der Waals surface area contributed by atoms with Crippen molar-refractivity contribution >= 4 is 11.5 Å². The number of nitrogens with zero attached hydrogens (tertiary/aromatic N) is 1. The molecule has 1 N–H and O–H groups in total. The first-order valence-corrected chi connectivity index (χ1v) is 5.66. The molecule has 0 spiro atoms. The monoisotopic (exact) mass is 237 g/mol. The van der Waals surface area contributed by atoms with Crippen molar-refractivity contribution in [2.45, 2.75) is 0 Å². The lowest BCUT2D eigenvalue weighted by atomic mass is 10.1. The fourth-order valence-corrected chi connectivity index (χ4v) is 2.17. The Morgan fingerprint density at radius 3 is 2.44 bits per heavy atom. The van der Waals surface area contributed by atoms with Crippen LogP contribution in [0.4, 0.5) is 0 Å². The van der Waals surface area contributed by atoms with Gasteiger partial charge in [-0.05, 0) is 23.8 Å². The van der Waals surface area contributed by atoms with Crippen molar-refractivity contribution in [2.24, 2.45) is 0 Å². The average Bonchev–Trinajstić information content (AvgIpc) is 2.79. The number of aromatic carboxylic acids is 1. The van der Waals surface area contributed by atoms with Gasteiger partial charge in [-0.15, -0.1) is 0 Å². The Morgan fingerprint density at radius 1 is 1.00 bits per heavy atom. The van der Waals surface area contributed by atoms with Gasteiger partial charge in [0.2, 0.25) is 0 Å². The van der Waals surface area contributed by atoms with Gasteiger partial charge in [0.25, 0.3) is 0 Å². The van der Waals surface area contributed by atoms with Crippen LogP contribution in [0, 0.1) is 0 Å². The molecule has 0 saturated carbocycles. The SMILES string of the molecule is O=C(O)c1cc(-c2ccccc2)c2ccccn12. The maximum absolute atomic E-state index is 11.2. The fraction of sp³-hybridized carbons (Fsp3) is 0. The predicted molar refractivity (Wildman–Crippen MR) is 69.8 cm³/mol. The van der Waals surface area contributed by atoms with Gasteiger partial charge in [-0.25, -0.2) is 4.79 Å². The maximum atomic E-state index is 11.2. The molecule has 0 saturated heterocycles. The van der Waals surface area contributed by atoms with Gasteiger partial charge in [-0.2, -0.15) is 0 Å². The van der Waals surface area contributed by atoms with Gasteiger partial charge < -0.3 is 9.51 Å². The number of hydrogen-bond donors (Lipinski definition) is 1. The van der Waals surface area contributed by atoms with Crippen LogP contribution in [0.5, 0.6) is 0 Å². The van der Waals surface area contributed by atoms with Crippen LogP contribution in [-0.4, -0.2) is 15.5 Å². The first-order chi connectivity index (χ1) is 8.77. The molecule has 3 rings (SSSR count). The van der Waals surface area contributed by atoms with Crippen molar-refractivity contribution in [3.8, 4) is 11.1 Å². The number of aromatic nitrogens is 1. The zero-order valence-corrected chi connectivity index (χ0v) is 9.58. The molecule has 0 unspecified atom stereocenters. The second-order valence-corrected chi connectivity index (χ2v) is 4.07. The molecule has 3 nitrogen and oxygen atoms in total. The van der Waals surface area contributed by atoms with Crippen LogP contribution in [0.2, 0.25) is 0 Å². The molecule has 2 heterocycles. The van der Waals surface area contributed by atoms with E-state index in [1.54, 1.807) is 16.7 Å². The van der Waals surface area contributed by atoms with E-state index in [1.807, 2.05) is 48.5 Å². The van der Waals surface area contributed by atoms with Crippen molar-refractivity contribution in [2.75, 3.05) is 0 Å². The standard InChI is InChI=1S/C15H11NO2/c17-15(18)14-10-12(11-6-2-1-3-7-11)13-8-4-5-9-16(13)14/h1-10H,(H,17,18). The molecule has 0 bridgehead atoms. The Balaban J connectivity index is 2.34. The van der Waals surface area contributed by atoms with Crippen LogP contribution in [0.3, 0.4) is 0 Å². The molecule has 88 valence electrons. The van der Waals surface area contributed by atoms with E-state index in [0.717, 1.165) is 16.6 Å². The summed E-state index contributed by atoms with van der Waals surface area (Å²) in [5.74, 6) is -0.918. The first-order valence-electron chi connectivity index (χ1n) is 5.66. The summed E-state index contributed by atoms with van der Waals surface area (Å²) in [6.45, 7) is 0. The van der Waals surface area contributed by atoms with Crippen LogP contribution in [0.1, 0.15) is 10.5 Å². The molecule has 18 heavy (non-hydrogen) atoms. The highest BCUT2D eigenvalue weighted by Crippen LogP contribution is 2.27. The van der Waals surface area contributed by atoms with E-state index in [0.29, 0.717) is 0 Å². The minimum absolute atomic E-state index is 0.282. The summed E-state index contributed by atoms with van der Waals surface area (Å²) in [5.41, 5.74) is 3.15. The summed E-state index contributed by atoms with van der Waals surface area (Å²) in [6.07, 6.45) is 1.77. The average molecular weight is 237 g/mol. The van der Waals surface area contributed by atoms with Gasteiger partial charge in [-0.3, -0.25) is 0 Å². The normalized spacial score (nSPS) is 10.7. The molecular weight excluding hydrogens is 226 g/mol. The summed E-state index contributed by atoms with van der Waals surface area (Å²) in [6, 6.07) is 17.2. The summed E-state index contributed by atoms with van der Waals surface area (Å²) >= 11 is 0. The highest BCUT2D eigenvalue weighted by molar-refractivity contribution is 5.93. The lowest BCUT2D eigenvalue weighted by Crippen LogP contribution is -2.00. The number of hydrogen-bond acceptors (Lipinski definition) is 1. The summed E-state index contributed by atoms with van der Waals surface area (Å²) < 4.78 is 1.70. The molecule has 2 aromatic heterocycles. The number of pyridine rings is 1. The van der Waals surface area contributed by atoms with E-state index < -0.39 is 5.97 Å². The quantitative estimate of drug-likeness (QED) is 0.743. The van der Waals surface area contributed by atoms with E-state index in [2.05, 4.69) is 0 Å². The minimum atomic E-state index is -0.918. The van der Waals surface area contributed by atoms with Crippen LogP contribution < -0.4 is 0 Å². The third-order valence-electron chi connectivity index (χ3n) is 2.98. The number of fused-ring (bicyclic) bond motifs is 1. The molecule has 1 aromatic carbocycles. The van der Waals surface area contributed by atoms with Gasteiger partial charge >= 0.3 is 5.97 Å². The summed E-state index contributed by atoms with van der Waals surface area (Å²) in [5, 5.41) is 9.22. The van der Waals surface area contributed by atoms with Crippen molar-refractivity contribution in [1.29, 1.82) is 0 Å². The second kappa shape index (κ2) is 4.04. The van der Waals surface area contributed by atoms with Crippen LogP contribution in [-0.2, 0) is 0 Å². The topological polar surface area (TPSA) is 41.7 Å². The summed E-state index contributed by atoms with van der Waals surface area (Å²) in [4.78, 5) is 11.2. The maximum Gasteiger partial charge on any atom is 0.352 e. The highest BCUT2D eigenvalue weighted by Gasteiger charge is 2.14. The molecule has 0 aliphatic carbocycles. The second-order valence-electron chi connectivity index (χ2n) is 4.07. The van der Waals surface area contributed by atoms with Crippen molar-refractivity contribution < 1.29 is 9.90 Å². The lowest BCUT2D eigenvalue weighted by molar-refractivity contribution is 0.0689. The van der Waals surface area contributed by atoms with Gasteiger partial charge in [0.15, 0.2) is 0 Å². The van der Waals surface area contributed by atoms with Crippen LogP contribution in [0.25, 0.3) is 16.6 Å². The number of carbonyl (C=O) groups is 1. The Labute approximate surface area is 104 Å². The van der Waals surface area contributed by atoms with E-state index in [9.17, 15) is 9.90 Å². The third kappa shape index (κ3) is 1.57. The Bertz CT molecular complexity index is 714. The Hall–Kier alpha value is -2.55. The van der Waals surface area contributed by atoms with Crippen molar-refractivity contribution in [3.05, 3.63) is 66.5 Å². The van der Waals surface area contributed by atoms with Gasteiger partial charge in [0.05, 0.1) is 5.52 Å². The zero-order valence-electron chi connectivity index (χ0n) is 9.58. The van der Waals surface area contributed by atoms with E-state index in [1.165, 1.54) is 0 Å². The van der Waals surface area contributed by atoms with Crippen molar-refractivity contribution in [3.63, 3.8) is 0 Å². The van der Waals surface area contributed by atoms with E-state index in [-0.39, 0.29) is 5.69 Å². The number of carboxylic acids is 1. The molecular formula is C15H11NO2. The third-order valence-corrected chi connectivity index (χ3v) is 2.98. The van der Waals surface area contributed by atoms with Crippen LogP contribution in [0.15, 0.2) is 60.8 Å². The Kier molecular flexibility index (Phi) is 2.38. The zero-order chi connectivity index (χ0) is 12.5. The van der Waals surface area contributed by atoms with Gasteiger partial charge in [0.1, 0.15) is 5.69 Å². The molecule has 0 aliphatic rings. The molecule has 3 aromatic rings. The minimum Gasteiger partial charge on any atom is -0.477 e. The summed E-state index contributed by atoms with van der Waals surface area (Å²) in [7, 11) is 0. The predicted octanol–water partition coefficient (Wildman–Crippen LogP) is 3.30. The number of carboxylic acid groups (broad SMARTS) is 1. The van der Waals surface area contributed by atoms with Crippen molar-refractivity contribution in [1.82, 2.24) is 4.40 Å². The smallest absolute Gasteiger partial charge is 0.352 e. The first kappa shape index (κ1) is 10.6. The van der Waals surface area contributed by atoms with E-state index >= 15 is 0 Å². The Morgan fingerprint density at radius 2 is 1.72 bits per heavy atom. The molecule has 0 amide bonds. The lowest BCUT2D eigenvalue weighted by Gasteiger charge is -2.00. The molecule has 3 heteroatoms. The molecule has 0 aliphatic heterocycles. The van der Waals surface area contributed by atoms with Crippen LogP contribution >= 0.6 is 0 Å². The highest BCUT2D eigenvalue weighted by atomic mass is 16.4. The largest absolute Gasteiger partial charge is 0.477 e. The number of benzene rings is 1. The molecule has 0 radical (unpaired) electrons.